The fraction of sp³-hybridized carbons (Fsp3) is 0.375. The van der Waals surface area contributed by atoms with Crippen LogP contribution in [0.3, 0.4) is 0 Å². The van der Waals surface area contributed by atoms with Crippen LogP contribution in [0.1, 0.15) is 31.3 Å². The van der Waals surface area contributed by atoms with E-state index in [0.29, 0.717) is 22.8 Å². The molecule has 0 bridgehead atoms. The van der Waals surface area contributed by atoms with Crippen LogP contribution in [-0.2, 0) is 9.53 Å². The van der Waals surface area contributed by atoms with Crippen molar-refractivity contribution in [2.75, 3.05) is 13.7 Å². The van der Waals surface area contributed by atoms with Gasteiger partial charge in [0.2, 0.25) is 0 Å². The molecule has 1 heterocycles. The molecule has 0 spiro atoms. The third-order valence-electron chi connectivity index (χ3n) is 3.14. The Morgan fingerprint density at radius 3 is 2.58 bits per heavy atom. The Balaban J connectivity index is 2.35. The first-order valence-electron chi connectivity index (χ1n) is 7.45. The first kappa shape index (κ1) is 17.5. The van der Waals surface area contributed by atoms with E-state index in [2.05, 4.69) is 15.4 Å². The molecule has 1 aromatic carbocycles. The predicted molar refractivity (Wildman–Crippen MR) is 84.8 cm³/mol. The van der Waals surface area contributed by atoms with Gasteiger partial charge in [-0.3, -0.25) is 4.79 Å². The summed E-state index contributed by atoms with van der Waals surface area (Å²) in [6.07, 6.45) is 0. The number of hydrogen-bond acceptors (Lipinski definition) is 7. The van der Waals surface area contributed by atoms with Crippen molar-refractivity contribution in [1.82, 2.24) is 15.4 Å². The van der Waals surface area contributed by atoms with E-state index in [-0.39, 0.29) is 24.2 Å². The number of nitrogens with zero attached hydrogens (tertiary/aromatic N) is 2. The molecule has 0 radical (unpaired) electrons. The molecule has 8 nitrogen and oxygen atoms in total. The molecule has 128 valence electrons. The van der Waals surface area contributed by atoms with E-state index in [1.54, 1.807) is 39.0 Å². The molecule has 0 aliphatic rings. The lowest BCUT2D eigenvalue weighted by molar-refractivity contribution is -0.137. The molecule has 24 heavy (non-hydrogen) atoms. The standard InChI is InChI=1S/C16H19N3O5/c1-5-23-16(21)14-13(17-19-18-14)10-6-7-11(12(8-10)22-4)24-15(20)9(2)3/h6-9H,5H2,1-4H3,(H,17,18,19). The van der Waals surface area contributed by atoms with E-state index >= 15 is 0 Å². The summed E-state index contributed by atoms with van der Waals surface area (Å²) in [5.41, 5.74) is 0.979. The van der Waals surface area contributed by atoms with Crippen molar-refractivity contribution in [3.8, 4) is 22.8 Å². The molecule has 0 amide bonds. The number of esters is 2. The van der Waals surface area contributed by atoms with Gasteiger partial charge in [-0.05, 0) is 25.1 Å². The molecule has 0 saturated carbocycles. The number of H-pyrrole nitrogens is 1. The maximum atomic E-state index is 11.9. The van der Waals surface area contributed by atoms with Gasteiger partial charge in [0.25, 0.3) is 0 Å². The van der Waals surface area contributed by atoms with Gasteiger partial charge in [-0.15, -0.1) is 5.10 Å². The van der Waals surface area contributed by atoms with E-state index in [4.69, 9.17) is 14.2 Å². The zero-order valence-corrected chi connectivity index (χ0v) is 14.0. The third kappa shape index (κ3) is 3.70. The Kier molecular flexibility index (Phi) is 5.51. The van der Waals surface area contributed by atoms with Crippen molar-refractivity contribution in [3.63, 3.8) is 0 Å². The minimum absolute atomic E-state index is 0.0748. The Bertz CT molecular complexity index is 739. The normalized spacial score (nSPS) is 10.5. The van der Waals surface area contributed by atoms with E-state index in [1.807, 2.05) is 0 Å². The highest BCUT2D eigenvalue weighted by atomic mass is 16.6. The van der Waals surface area contributed by atoms with Crippen LogP contribution in [0, 0.1) is 5.92 Å². The summed E-state index contributed by atoms with van der Waals surface area (Å²) in [6, 6.07) is 4.85. The van der Waals surface area contributed by atoms with Gasteiger partial charge in [0.05, 0.1) is 19.6 Å². The quantitative estimate of drug-likeness (QED) is 0.638. The smallest absolute Gasteiger partial charge is 0.361 e. The van der Waals surface area contributed by atoms with Crippen molar-refractivity contribution >= 4 is 11.9 Å². The summed E-state index contributed by atoms with van der Waals surface area (Å²) >= 11 is 0. The van der Waals surface area contributed by atoms with Gasteiger partial charge in [-0.2, -0.15) is 10.3 Å². The Hall–Kier alpha value is -2.90. The van der Waals surface area contributed by atoms with Crippen LogP contribution in [0.2, 0.25) is 0 Å². The number of benzene rings is 1. The minimum Gasteiger partial charge on any atom is -0.493 e. The fourth-order valence-corrected chi connectivity index (χ4v) is 1.90. The fourth-order valence-electron chi connectivity index (χ4n) is 1.90. The molecule has 2 aromatic rings. The molecule has 1 aromatic heterocycles. The lowest BCUT2D eigenvalue weighted by Gasteiger charge is -2.11. The number of methoxy groups -OCH3 is 1. The first-order valence-corrected chi connectivity index (χ1v) is 7.45. The highest BCUT2D eigenvalue weighted by Crippen LogP contribution is 2.33. The van der Waals surface area contributed by atoms with Crippen LogP contribution < -0.4 is 9.47 Å². The largest absolute Gasteiger partial charge is 0.493 e. The number of hydrogen-bond donors (Lipinski definition) is 1. The number of aromatic amines is 1. The van der Waals surface area contributed by atoms with Gasteiger partial charge in [0, 0.05) is 5.56 Å². The van der Waals surface area contributed by atoms with Crippen LogP contribution in [0.25, 0.3) is 11.3 Å². The molecule has 2 rings (SSSR count). The first-order chi connectivity index (χ1) is 11.5. The second-order valence-corrected chi connectivity index (χ2v) is 5.18. The van der Waals surface area contributed by atoms with Gasteiger partial charge in [0.15, 0.2) is 17.2 Å². The molecular formula is C16H19N3O5. The summed E-state index contributed by atoms with van der Waals surface area (Å²) in [4.78, 5) is 23.6. The zero-order valence-electron chi connectivity index (χ0n) is 14.0. The molecule has 0 unspecified atom stereocenters. The van der Waals surface area contributed by atoms with Crippen molar-refractivity contribution in [2.45, 2.75) is 20.8 Å². The van der Waals surface area contributed by atoms with E-state index in [9.17, 15) is 9.59 Å². The highest BCUT2D eigenvalue weighted by molar-refractivity contribution is 5.94. The Labute approximate surface area is 139 Å². The predicted octanol–water partition coefficient (Wildman–Crippen LogP) is 2.22. The van der Waals surface area contributed by atoms with E-state index < -0.39 is 5.97 Å². The van der Waals surface area contributed by atoms with Crippen LogP contribution in [-0.4, -0.2) is 41.1 Å². The third-order valence-corrected chi connectivity index (χ3v) is 3.14. The molecule has 8 heteroatoms. The number of rotatable bonds is 6. The minimum atomic E-state index is -0.574. The summed E-state index contributed by atoms with van der Waals surface area (Å²) < 4.78 is 15.5. The molecule has 1 N–H and O–H groups in total. The van der Waals surface area contributed by atoms with Crippen LogP contribution in [0.15, 0.2) is 18.2 Å². The molecule has 0 fully saturated rings. The van der Waals surface area contributed by atoms with Gasteiger partial charge in [-0.1, -0.05) is 13.8 Å². The number of aromatic nitrogens is 3. The van der Waals surface area contributed by atoms with Gasteiger partial charge in [-0.25, -0.2) is 4.79 Å². The maximum absolute atomic E-state index is 11.9. The molecule has 0 atom stereocenters. The van der Waals surface area contributed by atoms with Crippen LogP contribution in [0.5, 0.6) is 11.5 Å². The Morgan fingerprint density at radius 2 is 1.96 bits per heavy atom. The van der Waals surface area contributed by atoms with Gasteiger partial charge < -0.3 is 14.2 Å². The van der Waals surface area contributed by atoms with Crippen molar-refractivity contribution < 1.29 is 23.8 Å². The van der Waals surface area contributed by atoms with E-state index in [0.717, 1.165) is 0 Å². The second-order valence-electron chi connectivity index (χ2n) is 5.18. The van der Waals surface area contributed by atoms with E-state index in [1.165, 1.54) is 7.11 Å². The van der Waals surface area contributed by atoms with Crippen LogP contribution in [0.4, 0.5) is 0 Å². The average molecular weight is 333 g/mol. The lowest BCUT2D eigenvalue weighted by Crippen LogP contribution is -2.15. The summed E-state index contributed by atoms with van der Waals surface area (Å²) in [5, 5.41) is 10.2. The second kappa shape index (κ2) is 7.58. The number of carbonyl (C=O) groups excluding carboxylic acids is 2. The topological polar surface area (TPSA) is 103 Å². The molecule has 0 saturated heterocycles. The van der Waals surface area contributed by atoms with Crippen LogP contribution >= 0.6 is 0 Å². The van der Waals surface area contributed by atoms with Gasteiger partial charge in [0.1, 0.15) is 5.69 Å². The SMILES string of the molecule is CCOC(=O)c1n[nH]nc1-c1ccc(OC(=O)C(C)C)c(OC)c1. The average Bonchev–Trinajstić information content (AvgIpc) is 3.05. The zero-order chi connectivity index (χ0) is 17.7. The number of nitrogens with one attached hydrogen (secondary N) is 1. The number of ether oxygens (including phenoxy) is 3. The van der Waals surface area contributed by atoms with Gasteiger partial charge >= 0.3 is 11.9 Å². The highest BCUT2D eigenvalue weighted by Gasteiger charge is 2.21. The molecule has 0 aliphatic heterocycles. The summed E-state index contributed by atoms with van der Waals surface area (Å²) in [6.45, 7) is 5.42. The maximum Gasteiger partial charge on any atom is 0.361 e. The number of carbonyl (C=O) groups is 2. The molecular weight excluding hydrogens is 314 g/mol. The van der Waals surface area contributed by atoms with Crippen molar-refractivity contribution in [1.29, 1.82) is 0 Å². The van der Waals surface area contributed by atoms with Crippen molar-refractivity contribution in [2.24, 2.45) is 5.92 Å². The summed E-state index contributed by atoms with van der Waals surface area (Å²) in [7, 11) is 1.46. The monoisotopic (exact) mass is 333 g/mol. The molecule has 0 aliphatic carbocycles. The van der Waals surface area contributed by atoms with Crippen molar-refractivity contribution in [3.05, 3.63) is 23.9 Å². The summed E-state index contributed by atoms with van der Waals surface area (Å²) in [5.74, 6) is -0.564. The Morgan fingerprint density at radius 1 is 1.21 bits per heavy atom. The lowest BCUT2D eigenvalue weighted by atomic mass is 10.1.